The van der Waals surface area contributed by atoms with Crippen molar-refractivity contribution in [3.63, 3.8) is 0 Å². The molecule has 98 valence electrons. The van der Waals surface area contributed by atoms with Crippen molar-refractivity contribution in [2.45, 2.75) is 6.92 Å². The quantitative estimate of drug-likeness (QED) is 0.511. The Bertz CT molecular complexity index is 604. The number of aromatic nitrogens is 3. The summed E-state index contributed by atoms with van der Waals surface area (Å²) in [5.41, 5.74) is 7.20. The van der Waals surface area contributed by atoms with E-state index in [0.29, 0.717) is 18.1 Å². The molecular formula is C13H14N4O2. The summed E-state index contributed by atoms with van der Waals surface area (Å²) in [6.07, 6.45) is 4.27. The van der Waals surface area contributed by atoms with Gasteiger partial charge >= 0.3 is 5.97 Å². The molecule has 0 saturated carbocycles. The number of para-hydroxylation sites is 1. The Morgan fingerprint density at radius 2 is 2.26 bits per heavy atom. The highest BCUT2D eigenvalue weighted by molar-refractivity contribution is 5.84. The molecule has 1 heterocycles. The van der Waals surface area contributed by atoms with E-state index in [2.05, 4.69) is 10.1 Å². The molecule has 1 aromatic heterocycles. The van der Waals surface area contributed by atoms with Gasteiger partial charge in [-0.3, -0.25) is 0 Å². The number of hydrogen-bond donors (Lipinski definition) is 1. The van der Waals surface area contributed by atoms with Gasteiger partial charge in [0, 0.05) is 23.5 Å². The third-order valence-corrected chi connectivity index (χ3v) is 2.36. The maximum Gasteiger partial charge on any atom is 0.332 e. The zero-order valence-corrected chi connectivity index (χ0v) is 10.5. The molecule has 2 N–H and O–H groups in total. The number of benzene rings is 1. The highest BCUT2D eigenvalue weighted by Crippen LogP contribution is 2.21. The monoisotopic (exact) mass is 258 g/mol. The van der Waals surface area contributed by atoms with Gasteiger partial charge in [-0.15, -0.1) is 5.10 Å². The lowest BCUT2D eigenvalue weighted by molar-refractivity contribution is -0.137. The lowest BCUT2D eigenvalue weighted by Gasteiger charge is -1.99. The molecule has 19 heavy (non-hydrogen) atoms. The molecule has 0 spiro atoms. The second-order valence-electron chi connectivity index (χ2n) is 3.70. The van der Waals surface area contributed by atoms with E-state index in [1.807, 2.05) is 18.2 Å². The predicted octanol–water partition coefficient (Wildman–Crippen LogP) is 1.56. The average molecular weight is 258 g/mol. The summed E-state index contributed by atoms with van der Waals surface area (Å²) in [7, 11) is 0. The van der Waals surface area contributed by atoms with Gasteiger partial charge in [0.05, 0.1) is 6.61 Å². The molecule has 6 heteroatoms. The lowest BCUT2D eigenvalue weighted by Crippen LogP contribution is -2.00. The highest BCUT2D eigenvalue weighted by atomic mass is 16.5. The van der Waals surface area contributed by atoms with Crippen LogP contribution in [0.25, 0.3) is 17.6 Å². The number of esters is 1. The first-order valence-electron chi connectivity index (χ1n) is 5.81. The number of nitrogens with zero attached hydrogens (tertiary/aromatic N) is 3. The molecule has 0 fully saturated rings. The van der Waals surface area contributed by atoms with Crippen LogP contribution in [-0.2, 0) is 9.53 Å². The SMILES string of the molecule is CCOC(=O)/C=C\n1cnc(-c2ccccc2N)n1. The second kappa shape index (κ2) is 5.81. The maximum absolute atomic E-state index is 11.2. The molecule has 0 radical (unpaired) electrons. The van der Waals surface area contributed by atoms with Crippen molar-refractivity contribution in [3.05, 3.63) is 36.7 Å². The van der Waals surface area contributed by atoms with Gasteiger partial charge in [0.25, 0.3) is 0 Å². The average Bonchev–Trinajstić information content (AvgIpc) is 2.86. The summed E-state index contributed by atoms with van der Waals surface area (Å²) in [5, 5.41) is 4.20. The summed E-state index contributed by atoms with van der Waals surface area (Å²) >= 11 is 0. The zero-order valence-electron chi connectivity index (χ0n) is 10.5. The van der Waals surface area contributed by atoms with Crippen LogP contribution in [0.1, 0.15) is 6.92 Å². The number of carbonyl (C=O) groups is 1. The van der Waals surface area contributed by atoms with Crippen LogP contribution in [-0.4, -0.2) is 27.3 Å². The van der Waals surface area contributed by atoms with Gasteiger partial charge in [0.2, 0.25) is 0 Å². The number of anilines is 1. The van der Waals surface area contributed by atoms with Crippen LogP contribution in [0.3, 0.4) is 0 Å². The smallest absolute Gasteiger partial charge is 0.332 e. The molecule has 0 unspecified atom stereocenters. The fourth-order valence-electron chi connectivity index (χ4n) is 1.50. The van der Waals surface area contributed by atoms with Gasteiger partial charge in [-0.2, -0.15) is 0 Å². The van der Waals surface area contributed by atoms with Crippen molar-refractivity contribution < 1.29 is 9.53 Å². The summed E-state index contributed by atoms with van der Waals surface area (Å²) in [4.78, 5) is 15.3. The van der Waals surface area contributed by atoms with Crippen LogP contribution >= 0.6 is 0 Å². The van der Waals surface area contributed by atoms with E-state index in [-0.39, 0.29) is 0 Å². The van der Waals surface area contributed by atoms with E-state index >= 15 is 0 Å². The van der Waals surface area contributed by atoms with E-state index in [4.69, 9.17) is 10.5 Å². The predicted molar refractivity (Wildman–Crippen MR) is 71.8 cm³/mol. The molecule has 0 aliphatic rings. The fraction of sp³-hybridized carbons (Fsp3) is 0.154. The first kappa shape index (κ1) is 12.8. The topological polar surface area (TPSA) is 83.0 Å². The minimum Gasteiger partial charge on any atom is -0.463 e. The Labute approximate surface area is 110 Å². The Hall–Kier alpha value is -2.63. The van der Waals surface area contributed by atoms with E-state index < -0.39 is 5.97 Å². The van der Waals surface area contributed by atoms with E-state index in [9.17, 15) is 4.79 Å². The maximum atomic E-state index is 11.2. The largest absolute Gasteiger partial charge is 0.463 e. The molecule has 0 bridgehead atoms. The molecular weight excluding hydrogens is 244 g/mol. The summed E-state index contributed by atoms with van der Waals surface area (Å²) in [6, 6.07) is 7.33. The molecule has 2 aromatic rings. The van der Waals surface area contributed by atoms with Crippen molar-refractivity contribution in [1.82, 2.24) is 14.8 Å². The van der Waals surface area contributed by atoms with Crippen LogP contribution in [0, 0.1) is 0 Å². The second-order valence-corrected chi connectivity index (χ2v) is 3.70. The normalized spacial score (nSPS) is 10.8. The molecule has 2 rings (SSSR count). The first-order valence-corrected chi connectivity index (χ1v) is 5.81. The first-order chi connectivity index (χ1) is 9.20. The Morgan fingerprint density at radius 3 is 3.00 bits per heavy atom. The Kier molecular flexibility index (Phi) is 3.92. The van der Waals surface area contributed by atoms with Gasteiger partial charge in [0.15, 0.2) is 5.82 Å². The number of ether oxygens (including phenoxy) is 1. The Morgan fingerprint density at radius 1 is 1.47 bits per heavy atom. The number of carbonyl (C=O) groups excluding carboxylic acids is 1. The molecule has 0 saturated heterocycles. The third-order valence-electron chi connectivity index (χ3n) is 2.36. The van der Waals surface area contributed by atoms with Gasteiger partial charge in [-0.1, -0.05) is 12.1 Å². The van der Waals surface area contributed by atoms with Crippen molar-refractivity contribution in [2.75, 3.05) is 12.3 Å². The number of nitrogens with two attached hydrogens (primary N) is 1. The lowest BCUT2D eigenvalue weighted by atomic mass is 10.2. The van der Waals surface area contributed by atoms with Crippen LogP contribution in [0.15, 0.2) is 36.7 Å². The fourth-order valence-corrected chi connectivity index (χ4v) is 1.50. The summed E-state index contributed by atoms with van der Waals surface area (Å²) in [6.45, 7) is 2.09. The van der Waals surface area contributed by atoms with Crippen LogP contribution < -0.4 is 5.73 Å². The molecule has 6 nitrogen and oxygen atoms in total. The number of nitrogen functional groups attached to an aromatic ring is 1. The van der Waals surface area contributed by atoms with Gasteiger partial charge in [0.1, 0.15) is 6.33 Å². The zero-order chi connectivity index (χ0) is 13.7. The molecule has 1 aromatic carbocycles. The Balaban J connectivity index is 2.16. The van der Waals surface area contributed by atoms with Gasteiger partial charge in [-0.25, -0.2) is 14.5 Å². The molecule has 0 aliphatic heterocycles. The molecule has 0 aliphatic carbocycles. The van der Waals surface area contributed by atoms with Crippen LogP contribution in [0.5, 0.6) is 0 Å². The van der Waals surface area contributed by atoms with Crippen LogP contribution in [0.4, 0.5) is 5.69 Å². The van der Waals surface area contributed by atoms with Gasteiger partial charge in [-0.05, 0) is 19.1 Å². The van der Waals surface area contributed by atoms with E-state index in [1.165, 1.54) is 23.3 Å². The molecule has 0 atom stereocenters. The molecule has 0 amide bonds. The minimum absolute atomic E-state index is 0.340. The number of hydrogen-bond acceptors (Lipinski definition) is 5. The summed E-state index contributed by atoms with van der Waals surface area (Å²) < 4.78 is 6.20. The van der Waals surface area contributed by atoms with Gasteiger partial charge < -0.3 is 10.5 Å². The van der Waals surface area contributed by atoms with Crippen molar-refractivity contribution >= 4 is 17.9 Å². The standard InChI is InChI=1S/C13H14N4O2/c1-2-19-12(18)7-8-17-9-15-13(16-17)10-5-3-4-6-11(10)14/h3-9H,2,14H2,1H3/b8-7-. The van der Waals surface area contributed by atoms with Crippen LogP contribution in [0.2, 0.25) is 0 Å². The summed E-state index contributed by atoms with van der Waals surface area (Å²) in [5.74, 6) is 0.0883. The van der Waals surface area contributed by atoms with E-state index in [1.54, 1.807) is 13.0 Å². The van der Waals surface area contributed by atoms with E-state index in [0.717, 1.165) is 5.56 Å². The van der Waals surface area contributed by atoms with Crippen molar-refractivity contribution in [2.24, 2.45) is 0 Å². The number of rotatable bonds is 4. The van der Waals surface area contributed by atoms with Crippen molar-refractivity contribution in [1.29, 1.82) is 0 Å². The highest BCUT2D eigenvalue weighted by Gasteiger charge is 2.06. The minimum atomic E-state index is -0.418. The van der Waals surface area contributed by atoms with Crippen molar-refractivity contribution in [3.8, 4) is 11.4 Å². The third kappa shape index (κ3) is 3.19.